The van der Waals surface area contributed by atoms with Crippen LogP contribution in [-0.2, 0) is 0 Å². The van der Waals surface area contributed by atoms with Gasteiger partial charge in [-0.25, -0.2) is 0 Å². The van der Waals surface area contributed by atoms with Crippen molar-refractivity contribution in [2.75, 3.05) is 44.2 Å². The van der Waals surface area contributed by atoms with E-state index in [4.69, 9.17) is 0 Å². The first-order chi connectivity index (χ1) is 6.83. The van der Waals surface area contributed by atoms with Crippen LogP contribution in [0.2, 0.25) is 0 Å². The molecule has 2 nitrogen and oxygen atoms in total. The Labute approximate surface area is 92.8 Å². The highest BCUT2D eigenvalue weighted by Gasteiger charge is 2.08. The molecule has 1 atom stereocenters. The summed E-state index contributed by atoms with van der Waals surface area (Å²) < 4.78 is 0. The molecule has 14 heavy (non-hydrogen) atoms. The SMILES string of the molecule is CCC(C)CSCCN1CCNCC1. The Balaban J connectivity index is 1.92. The first kappa shape index (κ1) is 12.3. The van der Waals surface area contributed by atoms with Crippen molar-refractivity contribution in [3.05, 3.63) is 0 Å². The summed E-state index contributed by atoms with van der Waals surface area (Å²) in [5.41, 5.74) is 0. The van der Waals surface area contributed by atoms with E-state index in [2.05, 4.69) is 35.8 Å². The molecule has 0 aromatic rings. The summed E-state index contributed by atoms with van der Waals surface area (Å²) in [6.07, 6.45) is 1.32. The monoisotopic (exact) mass is 216 g/mol. The molecule has 1 fully saturated rings. The van der Waals surface area contributed by atoms with Crippen LogP contribution in [0.3, 0.4) is 0 Å². The van der Waals surface area contributed by atoms with E-state index in [-0.39, 0.29) is 0 Å². The van der Waals surface area contributed by atoms with Crippen molar-refractivity contribution in [3.63, 3.8) is 0 Å². The molecule has 1 heterocycles. The zero-order valence-corrected chi connectivity index (χ0v) is 10.4. The lowest BCUT2D eigenvalue weighted by Gasteiger charge is -2.27. The maximum atomic E-state index is 3.38. The fourth-order valence-corrected chi connectivity index (χ4v) is 2.72. The summed E-state index contributed by atoms with van der Waals surface area (Å²) >= 11 is 2.12. The molecule has 1 aliphatic rings. The lowest BCUT2D eigenvalue weighted by atomic mass is 10.2. The van der Waals surface area contributed by atoms with Gasteiger partial charge in [0.2, 0.25) is 0 Å². The maximum absolute atomic E-state index is 3.38. The summed E-state index contributed by atoms with van der Waals surface area (Å²) in [5.74, 6) is 3.54. The molecule has 3 heteroatoms. The van der Waals surface area contributed by atoms with Gasteiger partial charge in [-0.05, 0) is 11.7 Å². The van der Waals surface area contributed by atoms with Crippen LogP contribution in [0, 0.1) is 5.92 Å². The van der Waals surface area contributed by atoms with Crippen molar-refractivity contribution >= 4 is 11.8 Å². The summed E-state index contributed by atoms with van der Waals surface area (Å²) in [6, 6.07) is 0. The second-order valence-electron chi connectivity index (χ2n) is 4.18. The number of rotatable bonds is 6. The van der Waals surface area contributed by atoms with Crippen LogP contribution < -0.4 is 5.32 Å². The molecule has 1 saturated heterocycles. The first-order valence-electron chi connectivity index (χ1n) is 5.83. The lowest BCUT2D eigenvalue weighted by molar-refractivity contribution is 0.255. The largest absolute Gasteiger partial charge is 0.314 e. The Bertz CT molecular complexity index is 135. The zero-order chi connectivity index (χ0) is 10.2. The van der Waals surface area contributed by atoms with Crippen molar-refractivity contribution in [3.8, 4) is 0 Å². The summed E-state index contributed by atoms with van der Waals surface area (Å²) in [5, 5.41) is 3.38. The van der Waals surface area contributed by atoms with Gasteiger partial charge in [0.05, 0.1) is 0 Å². The minimum Gasteiger partial charge on any atom is -0.314 e. The minimum atomic E-state index is 0.892. The normalized spacial score (nSPS) is 21.0. The van der Waals surface area contributed by atoms with Gasteiger partial charge in [-0.1, -0.05) is 20.3 Å². The van der Waals surface area contributed by atoms with Gasteiger partial charge in [0.25, 0.3) is 0 Å². The molecule has 0 amide bonds. The molecule has 1 unspecified atom stereocenters. The standard InChI is InChI=1S/C11H24N2S/c1-3-11(2)10-14-9-8-13-6-4-12-5-7-13/h11-12H,3-10H2,1-2H3. The van der Waals surface area contributed by atoms with E-state index in [0.29, 0.717) is 0 Å². The molecule has 0 aromatic heterocycles. The Morgan fingerprint density at radius 2 is 2.07 bits per heavy atom. The van der Waals surface area contributed by atoms with Crippen LogP contribution >= 0.6 is 11.8 Å². The Morgan fingerprint density at radius 1 is 1.36 bits per heavy atom. The van der Waals surface area contributed by atoms with Gasteiger partial charge in [-0.2, -0.15) is 11.8 Å². The Kier molecular flexibility index (Phi) is 6.65. The quantitative estimate of drug-likeness (QED) is 0.680. The Hall–Kier alpha value is 0.270. The van der Waals surface area contributed by atoms with E-state index in [1.54, 1.807) is 0 Å². The van der Waals surface area contributed by atoms with Crippen molar-refractivity contribution < 1.29 is 0 Å². The number of thioether (sulfide) groups is 1. The van der Waals surface area contributed by atoms with Crippen LogP contribution in [-0.4, -0.2) is 49.1 Å². The summed E-state index contributed by atoms with van der Waals surface area (Å²) in [6.45, 7) is 10.7. The molecule has 0 aromatic carbocycles. The maximum Gasteiger partial charge on any atom is 0.0108 e. The highest BCUT2D eigenvalue weighted by atomic mass is 32.2. The van der Waals surface area contributed by atoms with Gasteiger partial charge < -0.3 is 5.32 Å². The van der Waals surface area contributed by atoms with Gasteiger partial charge in [0.1, 0.15) is 0 Å². The minimum absolute atomic E-state index is 0.892. The fraction of sp³-hybridized carbons (Fsp3) is 1.00. The van der Waals surface area contributed by atoms with Gasteiger partial charge in [0.15, 0.2) is 0 Å². The van der Waals surface area contributed by atoms with Gasteiger partial charge in [-0.15, -0.1) is 0 Å². The number of nitrogens with one attached hydrogen (secondary N) is 1. The predicted molar refractivity (Wildman–Crippen MR) is 66.1 cm³/mol. The molecule has 0 bridgehead atoms. The molecular weight excluding hydrogens is 192 g/mol. The molecule has 1 aliphatic heterocycles. The van der Waals surface area contributed by atoms with E-state index in [9.17, 15) is 0 Å². The van der Waals surface area contributed by atoms with E-state index in [1.165, 1.54) is 50.7 Å². The Morgan fingerprint density at radius 3 is 2.71 bits per heavy atom. The van der Waals surface area contributed by atoms with Crippen LogP contribution in [0.15, 0.2) is 0 Å². The highest BCUT2D eigenvalue weighted by molar-refractivity contribution is 7.99. The van der Waals surface area contributed by atoms with Gasteiger partial charge in [0, 0.05) is 38.5 Å². The third-order valence-electron chi connectivity index (χ3n) is 2.86. The summed E-state index contributed by atoms with van der Waals surface area (Å²) in [7, 11) is 0. The third-order valence-corrected chi connectivity index (χ3v) is 4.14. The molecule has 1 rings (SSSR count). The average molecular weight is 216 g/mol. The smallest absolute Gasteiger partial charge is 0.0108 e. The lowest BCUT2D eigenvalue weighted by Crippen LogP contribution is -2.44. The second-order valence-corrected chi connectivity index (χ2v) is 5.33. The van der Waals surface area contributed by atoms with Crippen molar-refractivity contribution in [2.24, 2.45) is 5.92 Å². The average Bonchev–Trinajstić information content (AvgIpc) is 2.25. The molecule has 84 valence electrons. The molecule has 1 N–H and O–H groups in total. The van der Waals surface area contributed by atoms with Gasteiger partial charge >= 0.3 is 0 Å². The number of nitrogens with zero attached hydrogens (tertiary/aromatic N) is 1. The van der Waals surface area contributed by atoms with E-state index >= 15 is 0 Å². The zero-order valence-electron chi connectivity index (χ0n) is 9.59. The fourth-order valence-electron chi connectivity index (χ4n) is 1.53. The molecule has 0 radical (unpaired) electrons. The topological polar surface area (TPSA) is 15.3 Å². The van der Waals surface area contributed by atoms with Crippen molar-refractivity contribution in [2.45, 2.75) is 20.3 Å². The van der Waals surface area contributed by atoms with Crippen LogP contribution in [0.5, 0.6) is 0 Å². The van der Waals surface area contributed by atoms with Crippen LogP contribution in [0.4, 0.5) is 0 Å². The third kappa shape index (κ3) is 5.23. The van der Waals surface area contributed by atoms with Gasteiger partial charge in [-0.3, -0.25) is 4.90 Å². The van der Waals surface area contributed by atoms with Crippen molar-refractivity contribution in [1.82, 2.24) is 10.2 Å². The molecular formula is C11H24N2S. The van der Waals surface area contributed by atoms with Crippen LogP contribution in [0.1, 0.15) is 20.3 Å². The molecule has 0 saturated carbocycles. The molecule has 0 spiro atoms. The second kappa shape index (κ2) is 7.55. The number of piperazine rings is 1. The predicted octanol–water partition coefficient (Wildman–Crippen LogP) is 1.67. The number of hydrogen-bond acceptors (Lipinski definition) is 3. The van der Waals surface area contributed by atoms with Crippen LogP contribution in [0.25, 0.3) is 0 Å². The van der Waals surface area contributed by atoms with E-state index in [1.807, 2.05) is 0 Å². The van der Waals surface area contributed by atoms with E-state index < -0.39 is 0 Å². The highest BCUT2D eigenvalue weighted by Crippen LogP contribution is 2.11. The van der Waals surface area contributed by atoms with E-state index in [0.717, 1.165) is 5.92 Å². The molecule has 0 aliphatic carbocycles. The number of hydrogen-bond donors (Lipinski definition) is 1. The summed E-state index contributed by atoms with van der Waals surface area (Å²) in [4.78, 5) is 2.57. The van der Waals surface area contributed by atoms with Crippen molar-refractivity contribution in [1.29, 1.82) is 0 Å². The first-order valence-corrected chi connectivity index (χ1v) is 6.99.